The van der Waals surface area contributed by atoms with E-state index in [4.69, 9.17) is 13.9 Å². The number of aromatic nitrogens is 1. The van der Waals surface area contributed by atoms with Crippen molar-refractivity contribution in [3.8, 4) is 0 Å². The van der Waals surface area contributed by atoms with Gasteiger partial charge in [-0.3, -0.25) is 0 Å². The quantitative estimate of drug-likeness (QED) is 0.830. The first kappa shape index (κ1) is 11.9. The average Bonchev–Trinajstić information content (AvgIpc) is 2.83. The Bertz CT molecular complexity index is 469. The summed E-state index contributed by atoms with van der Waals surface area (Å²) in [5.41, 5.74) is 0.822. The van der Waals surface area contributed by atoms with E-state index >= 15 is 0 Å². The summed E-state index contributed by atoms with van der Waals surface area (Å²) < 4.78 is 15.6. The number of fused-ring (bicyclic) bond motifs is 1. The Labute approximate surface area is 99.7 Å². The third-order valence-corrected chi connectivity index (χ3v) is 2.56. The molecule has 0 radical (unpaired) electrons. The maximum Gasteiger partial charge on any atom is 0.139 e. The first-order chi connectivity index (χ1) is 8.35. The van der Waals surface area contributed by atoms with E-state index in [0.29, 0.717) is 13.2 Å². The van der Waals surface area contributed by atoms with E-state index in [1.165, 1.54) is 0 Å². The minimum Gasteiger partial charge on any atom is -0.464 e. The fourth-order valence-corrected chi connectivity index (χ4v) is 1.64. The van der Waals surface area contributed by atoms with Crippen LogP contribution in [0.15, 0.2) is 29.0 Å². The number of hydrogen-bond donors (Lipinski definition) is 1. The van der Waals surface area contributed by atoms with Crippen molar-refractivity contribution in [1.82, 2.24) is 4.98 Å². The van der Waals surface area contributed by atoms with Gasteiger partial charge in [-0.1, -0.05) is 0 Å². The highest BCUT2D eigenvalue weighted by molar-refractivity contribution is 5.87. The molecule has 5 heteroatoms. The number of rotatable bonds is 6. The first-order valence-corrected chi connectivity index (χ1v) is 5.43. The Balaban J connectivity index is 2.05. The molecular formula is C12H16N2O3. The van der Waals surface area contributed by atoms with Gasteiger partial charge in [0.15, 0.2) is 0 Å². The van der Waals surface area contributed by atoms with Crippen LogP contribution in [0.3, 0.4) is 0 Å². The molecule has 1 N–H and O–H groups in total. The zero-order chi connectivity index (χ0) is 12.1. The van der Waals surface area contributed by atoms with Crippen LogP contribution in [0.25, 0.3) is 11.0 Å². The van der Waals surface area contributed by atoms with Crippen molar-refractivity contribution in [3.63, 3.8) is 0 Å². The summed E-state index contributed by atoms with van der Waals surface area (Å²) in [6, 6.07) is 3.73. The van der Waals surface area contributed by atoms with Gasteiger partial charge in [-0.25, -0.2) is 4.98 Å². The number of pyridine rings is 1. The molecule has 2 aromatic heterocycles. The third kappa shape index (κ3) is 2.75. The molecule has 0 bridgehead atoms. The van der Waals surface area contributed by atoms with E-state index in [-0.39, 0.29) is 6.10 Å². The van der Waals surface area contributed by atoms with Crippen LogP contribution in [0.5, 0.6) is 0 Å². The van der Waals surface area contributed by atoms with Gasteiger partial charge in [-0.2, -0.15) is 0 Å². The smallest absolute Gasteiger partial charge is 0.139 e. The summed E-state index contributed by atoms with van der Waals surface area (Å²) in [5.74, 6) is 0.800. The maximum absolute atomic E-state index is 5.30. The largest absolute Gasteiger partial charge is 0.464 e. The molecule has 0 fully saturated rings. The number of hydrogen-bond acceptors (Lipinski definition) is 5. The van der Waals surface area contributed by atoms with Crippen molar-refractivity contribution in [2.45, 2.75) is 6.10 Å². The lowest BCUT2D eigenvalue weighted by Gasteiger charge is -2.15. The second-order valence-corrected chi connectivity index (χ2v) is 3.69. The number of nitrogens with one attached hydrogen (secondary N) is 1. The van der Waals surface area contributed by atoms with E-state index in [2.05, 4.69) is 10.3 Å². The van der Waals surface area contributed by atoms with E-state index < -0.39 is 0 Å². The monoisotopic (exact) mass is 236 g/mol. The molecule has 2 heterocycles. The number of furan rings is 1. The van der Waals surface area contributed by atoms with Gasteiger partial charge in [0.25, 0.3) is 0 Å². The molecule has 92 valence electrons. The van der Waals surface area contributed by atoms with Crippen molar-refractivity contribution in [1.29, 1.82) is 0 Å². The summed E-state index contributed by atoms with van der Waals surface area (Å²) >= 11 is 0. The van der Waals surface area contributed by atoms with E-state index in [1.54, 1.807) is 26.7 Å². The molecule has 1 unspecified atom stereocenters. The van der Waals surface area contributed by atoms with Crippen molar-refractivity contribution in [3.05, 3.63) is 24.6 Å². The van der Waals surface area contributed by atoms with Gasteiger partial charge in [0, 0.05) is 27.0 Å². The Hall–Kier alpha value is -1.59. The van der Waals surface area contributed by atoms with Gasteiger partial charge < -0.3 is 19.2 Å². The maximum atomic E-state index is 5.30. The van der Waals surface area contributed by atoms with Gasteiger partial charge in [-0.15, -0.1) is 0 Å². The van der Waals surface area contributed by atoms with Crippen molar-refractivity contribution < 1.29 is 13.9 Å². The summed E-state index contributed by atoms with van der Waals surface area (Å²) in [7, 11) is 3.32. The third-order valence-electron chi connectivity index (χ3n) is 2.56. The van der Waals surface area contributed by atoms with E-state index in [0.717, 1.165) is 16.8 Å². The molecule has 0 aliphatic heterocycles. The molecule has 17 heavy (non-hydrogen) atoms. The van der Waals surface area contributed by atoms with Gasteiger partial charge in [0.1, 0.15) is 11.4 Å². The molecule has 0 spiro atoms. The first-order valence-electron chi connectivity index (χ1n) is 5.43. The van der Waals surface area contributed by atoms with Crippen LogP contribution < -0.4 is 5.32 Å². The highest BCUT2D eigenvalue weighted by atomic mass is 16.5. The second kappa shape index (κ2) is 5.65. The Morgan fingerprint density at radius 3 is 3.06 bits per heavy atom. The molecule has 0 amide bonds. The molecular weight excluding hydrogens is 220 g/mol. The standard InChI is InChI=1S/C12H16N2O3/c1-15-8-9(16-2)7-14-12-10-4-6-17-11(10)3-5-13-12/h3-6,9H,7-8H2,1-2H3,(H,13,14). The van der Waals surface area contributed by atoms with E-state index in [1.807, 2.05) is 12.1 Å². The second-order valence-electron chi connectivity index (χ2n) is 3.69. The predicted molar refractivity (Wildman–Crippen MR) is 65.2 cm³/mol. The topological polar surface area (TPSA) is 56.5 Å². The highest BCUT2D eigenvalue weighted by Gasteiger charge is 2.09. The molecule has 1 atom stereocenters. The molecule has 0 aliphatic carbocycles. The summed E-state index contributed by atoms with van der Waals surface area (Å²) in [5, 5.41) is 4.21. The molecule has 0 aromatic carbocycles. The van der Waals surface area contributed by atoms with Gasteiger partial charge in [0.2, 0.25) is 0 Å². The Kier molecular flexibility index (Phi) is 3.95. The minimum atomic E-state index is 0.00366. The van der Waals surface area contributed by atoms with Crippen LogP contribution in [-0.4, -0.2) is 38.5 Å². The molecule has 0 aliphatic rings. The molecule has 5 nitrogen and oxygen atoms in total. The molecule has 0 saturated carbocycles. The summed E-state index contributed by atoms with van der Waals surface area (Å²) in [4.78, 5) is 4.28. The fourth-order valence-electron chi connectivity index (χ4n) is 1.64. The molecule has 0 saturated heterocycles. The van der Waals surface area contributed by atoms with Crippen LogP contribution >= 0.6 is 0 Å². The lowest BCUT2D eigenvalue weighted by atomic mass is 10.3. The number of methoxy groups -OCH3 is 2. The Morgan fingerprint density at radius 2 is 2.29 bits per heavy atom. The van der Waals surface area contributed by atoms with Gasteiger partial charge in [-0.05, 0) is 12.1 Å². The van der Waals surface area contributed by atoms with Crippen LogP contribution in [0.2, 0.25) is 0 Å². The van der Waals surface area contributed by atoms with Crippen LogP contribution in [0.1, 0.15) is 0 Å². The van der Waals surface area contributed by atoms with Crippen LogP contribution in [0, 0.1) is 0 Å². The van der Waals surface area contributed by atoms with Gasteiger partial charge in [0.05, 0.1) is 24.4 Å². The van der Waals surface area contributed by atoms with Crippen molar-refractivity contribution in [2.75, 3.05) is 32.7 Å². The lowest BCUT2D eigenvalue weighted by Crippen LogP contribution is -2.26. The zero-order valence-electron chi connectivity index (χ0n) is 9.97. The minimum absolute atomic E-state index is 0.00366. The normalized spacial score (nSPS) is 12.8. The zero-order valence-corrected chi connectivity index (χ0v) is 9.97. The van der Waals surface area contributed by atoms with Crippen LogP contribution in [-0.2, 0) is 9.47 Å². The number of ether oxygens (including phenoxy) is 2. The lowest BCUT2D eigenvalue weighted by molar-refractivity contribution is 0.0365. The Morgan fingerprint density at radius 1 is 1.41 bits per heavy atom. The highest BCUT2D eigenvalue weighted by Crippen LogP contribution is 2.21. The number of nitrogens with zero attached hydrogens (tertiary/aromatic N) is 1. The van der Waals surface area contributed by atoms with Crippen molar-refractivity contribution >= 4 is 16.8 Å². The summed E-state index contributed by atoms with van der Waals surface area (Å²) in [6.07, 6.45) is 3.37. The SMILES string of the molecule is COCC(CNc1nccc2occc12)OC. The van der Waals surface area contributed by atoms with Crippen LogP contribution in [0.4, 0.5) is 5.82 Å². The molecule has 2 aromatic rings. The van der Waals surface area contributed by atoms with E-state index in [9.17, 15) is 0 Å². The van der Waals surface area contributed by atoms with Gasteiger partial charge >= 0.3 is 0 Å². The average molecular weight is 236 g/mol. The fraction of sp³-hybridized carbons (Fsp3) is 0.417. The molecule has 2 rings (SSSR count). The van der Waals surface area contributed by atoms with Crippen molar-refractivity contribution in [2.24, 2.45) is 0 Å². The summed E-state index contributed by atoms with van der Waals surface area (Å²) in [6.45, 7) is 1.19. The predicted octanol–water partition coefficient (Wildman–Crippen LogP) is 1.90. The number of anilines is 1.